The van der Waals surface area contributed by atoms with Crippen molar-refractivity contribution in [3.8, 4) is 0 Å². The predicted molar refractivity (Wildman–Crippen MR) is 87.1 cm³/mol. The molecular weight excluding hydrogens is 264 g/mol. The van der Waals surface area contributed by atoms with Gasteiger partial charge in [0, 0.05) is 18.3 Å². The van der Waals surface area contributed by atoms with Crippen molar-refractivity contribution < 1.29 is 0 Å². The lowest BCUT2D eigenvalue weighted by atomic mass is 9.98. The highest BCUT2D eigenvalue weighted by Crippen LogP contribution is 2.35. The van der Waals surface area contributed by atoms with E-state index < -0.39 is 0 Å². The van der Waals surface area contributed by atoms with Crippen LogP contribution in [0.1, 0.15) is 35.4 Å². The average Bonchev–Trinajstić information content (AvgIpc) is 2.82. The summed E-state index contributed by atoms with van der Waals surface area (Å²) >= 11 is 1.83. The van der Waals surface area contributed by atoms with E-state index in [1.165, 1.54) is 21.8 Å². The molecule has 3 rings (SSSR count). The summed E-state index contributed by atoms with van der Waals surface area (Å²) in [4.78, 5) is 8.64. The Labute approximate surface area is 124 Å². The largest absolute Gasteiger partial charge is 0.356 e. The van der Waals surface area contributed by atoms with Gasteiger partial charge in [-0.2, -0.15) is 0 Å². The van der Waals surface area contributed by atoms with Gasteiger partial charge >= 0.3 is 0 Å². The predicted octanol–water partition coefficient (Wildman–Crippen LogP) is 4.73. The van der Waals surface area contributed by atoms with Crippen LogP contribution in [0.4, 0.5) is 5.69 Å². The molecule has 1 aromatic carbocycles. The third-order valence-corrected chi connectivity index (χ3v) is 4.96. The zero-order chi connectivity index (χ0) is 14.1. The fourth-order valence-corrected chi connectivity index (χ4v) is 3.68. The number of hydrogen-bond acceptors (Lipinski definition) is 3. The quantitative estimate of drug-likeness (QED) is 0.778. The van der Waals surface area contributed by atoms with Gasteiger partial charge in [-0.3, -0.25) is 0 Å². The lowest BCUT2D eigenvalue weighted by Crippen LogP contribution is -2.31. The molecule has 1 aromatic heterocycles. The summed E-state index contributed by atoms with van der Waals surface area (Å²) in [5, 5.41) is 2.19. The number of para-hydroxylation sites is 1. The van der Waals surface area contributed by atoms with Crippen LogP contribution in [0.3, 0.4) is 0 Å². The van der Waals surface area contributed by atoms with Crippen LogP contribution < -0.4 is 0 Å². The Bertz CT molecular complexity index is 642. The van der Waals surface area contributed by atoms with E-state index in [0.29, 0.717) is 6.04 Å². The molecule has 2 nitrogen and oxygen atoms in total. The number of benzene rings is 1. The number of hydrogen-bond donors (Lipinski definition) is 0. The Hall–Kier alpha value is -1.61. The van der Waals surface area contributed by atoms with Gasteiger partial charge in [-0.15, -0.1) is 11.3 Å². The first-order valence-electron chi connectivity index (χ1n) is 7.13. The van der Waals surface area contributed by atoms with Gasteiger partial charge in [0.1, 0.15) is 5.84 Å². The summed E-state index contributed by atoms with van der Waals surface area (Å²) in [5.41, 5.74) is 3.92. The fraction of sp³-hybridized carbons (Fsp3) is 0.353. The average molecular weight is 284 g/mol. The van der Waals surface area contributed by atoms with Crippen LogP contribution in [0.2, 0.25) is 0 Å². The fourth-order valence-electron chi connectivity index (χ4n) is 2.92. The van der Waals surface area contributed by atoms with Gasteiger partial charge in [0.25, 0.3) is 0 Å². The third-order valence-electron chi connectivity index (χ3n) is 4.10. The molecule has 1 aliphatic rings. The Morgan fingerprint density at radius 3 is 2.80 bits per heavy atom. The van der Waals surface area contributed by atoms with Crippen molar-refractivity contribution in [1.82, 2.24) is 4.90 Å². The summed E-state index contributed by atoms with van der Waals surface area (Å²) in [7, 11) is 2.18. The van der Waals surface area contributed by atoms with Gasteiger partial charge in [0.05, 0.1) is 11.7 Å². The van der Waals surface area contributed by atoms with Crippen molar-refractivity contribution >= 4 is 22.9 Å². The van der Waals surface area contributed by atoms with Gasteiger partial charge in [0.2, 0.25) is 0 Å². The smallest absolute Gasteiger partial charge is 0.105 e. The Morgan fingerprint density at radius 2 is 2.10 bits per heavy atom. The monoisotopic (exact) mass is 284 g/mol. The lowest BCUT2D eigenvalue weighted by molar-refractivity contribution is 0.370. The Morgan fingerprint density at radius 1 is 1.30 bits per heavy atom. The normalized spacial score (nSPS) is 18.4. The second kappa shape index (κ2) is 5.41. The van der Waals surface area contributed by atoms with Crippen molar-refractivity contribution in [3.63, 3.8) is 0 Å². The van der Waals surface area contributed by atoms with Gasteiger partial charge < -0.3 is 4.90 Å². The SMILES string of the molecule is CCC1=Nc2ccccc2CC(c2ccsc2C)N1C. The molecule has 3 heteroatoms. The molecular formula is C17H20N2S. The first-order chi connectivity index (χ1) is 9.70. The van der Waals surface area contributed by atoms with Gasteiger partial charge in [-0.1, -0.05) is 25.1 Å². The minimum atomic E-state index is 0.392. The van der Waals surface area contributed by atoms with Crippen LogP contribution in [0.15, 0.2) is 40.7 Å². The van der Waals surface area contributed by atoms with Crippen molar-refractivity contribution in [2.24, 2.45) is 4.99 Å². The van der Waals surface area contributed by atoms with E-state index in [1.807, 2.05) is 11.3 Å². The van der Waals surface area contributed by atoms with E-state index in [1.54, 1.807) is 0 Å². The molecule has 0 N–H and O–H groups in total. The minimum Gasteiger partial charge on any atom is -0.356 e. The molecule has 1 aliphatic heterocycles. The van der Waals surface area contributed by atoms with E-state index in [-0.39, 0.29) is 0 Å². The molecule has 0 saturated carbocycles. The van der Waals surface area contributed by atoms with Gasteiger partial charge in [0.15, 0.2) is 0 Å². The summed E-state index contributed by atoms with van der Waals surface area (Å²) in [6.45, 7) is 4.40. The first kappa shape index (κ1) is 13.4. The molecule has 2 aromatic rings. The van der Waals surface area contributed by atoms with Crippen LogP contribution >= 0.6 is 11.3 Å². The number of aliphatic imine (C=N–C) groups is 1. The molecule has 0 saturated heterocycles. The molecule has 104 valence electrons. The number of likely N-dealkylation sites (N-methyl/N-ethyl adjacent to an activating group) is 1. The molecule has 0 bridgehead atoms. The molecule has 0 aliphatic carbocycles. The van der Waals surface area contributed by atoms with E-state index >= 15 is 0 Å². The van der Waals surface area contributed by atoms with E-state index in [0.717, 1.165) is 18.5 Å². The van der Waals surface area contributed by atoms with E-state index in [9.17, 15) is 0 Å². The van der Waals surface area contributed by atoms with E-state index in [4.69, 9.17) is 4.99 Å². The Balaban J connectivity index is 2.10. The minimum absolute atomic E-state index is 0.392. The zero-order valence-electron chi connectivity index (χ0n) is 12.3. The van der Waals surface area contributed by atoms with Crippen molar-refractivity contribution in [1.29, 1.82) is 0 Å². The van der Waals surface area contributed by atoms with Gasteiger partial charge in [-0.05, 0) is 42.0 Å². The molecule has 1 unspecified atom stereocenters. The topological polar surface area (TPSA) is 15.6 Å². The highest BCUT2D eigenvalue weighted by Gasteiger charge is 2.25. The van der Waals surface area contributed by atoms with Crippen LogP contribution in [0.25, 0.3) is 0 Å². The molecule has 0 fully saturated rings. The van der Waals surface area contributed by atoms with E-state index in [2.05, 4.69) is 61.5 Å². The third kappa shape index (κ3) is 2.27. The van der Waals surface area contributed by atoms with Crippen LogP contribution in [0.5, 0.6) is 0 Å². The van der Waals surface area contributed by atoms with Crippen molar-refractivity contribution in [2.75, 3.05) is 7.05 Å². The summed E-state index contributed by atoms with van der Waals surface area (Å²) in [6.07, 6.45) is 1.99. The second-order valence-electron chi connectivity index (χ2n) is 5.27. The van der Waals surface area contributed by atoms with Crippen molar-refractivity contribution in [3.05, 3.63) is 51.7 Å². The zero-order valence-corrected chi connectivity index (χ0v) is 13.1. The highest BCUT2D eigenvalue weighted by atomic mass is 32.1. The number of thiophene rings is 1. The number of rotatable bonds is 2. The number of fused-ring (bicyclic) bond motifs is 1. The lowest BCUT2D eigenvalue weighted by Gasteiger charge is -2.29. The van der Waals surface area contributed by atoms with Crippen LogP contribution in [-0.2, 0) is 6.42 Å². The van der Waals surface area contributed by atoms with Crippen molar-refractivity contribution in [2.45, 2.75) is 32.7 Å². The maximum atomic E-state index is 4.87. The molecule has 1 atom stereocenters. The van der Waals surface area contributed by atoms with Crippen LogP contribution in [0, 0.1) is 6.92 Å². The Kier molecular flexibility index (Phi) is 3.62. The summed E-state index contributed by atoms with van der Waals surface area (Å²) < 4.78 is 0. The maximum absolute atomic E-state index is 4.87. The molecule has 2 heterocycles. The maximum Gasteiger partial charge on any atom is 0.105 e. The molecule has 20 heavy (non-hydrogen) atoms. The highest BCUT2D eigenvalue weighted by molar-refractivity contribution is 7.10. The van der Waals surface area contributed by atoms with Crippen LogP contribution in [-0.4, -0.2) is 17.8 Å². The summed E-state index contributed by atoms with van der Waals surface area (Å²) in [5.74, 6) is 1.17. The summed E-state index contributed by atoms with van der Waals surface area (Å²) in [6, 6.07) is 11.2. The molecule has 0 amide bonds. The number of aryl methyl sites for hydroxylation is 1. The number of amidine groups is 1. The number of nitrogens with zero attached hydrogens (tertiary/aromatic N) is 2. The van der Waals surface area contributed by atoms with Gasteiger partial charge in [-0.25, -0.2) is 4.99 Å². The standard InChI is InChI=1S/C17H20N2S/c1-4-17-18-15-8-6-5-7-13(15)11-16(19(17)3)14-9-10-20-12(14)2/h5-10,16H,4,11H2,1-3H3. The molecule has 0 spiro atoms. The second-order valence-corrected chi connectivity index (χ2v) is 6.39. The molecule has 0 radical (unpaired) electrons. The first-order valence-corrected chi connectivity index (χ1v) is 8.01.